The van der Waals surface area contributed by atoms with E-state index in [9.17, 15) is 9.59 Å². The summed E-state index contributed by atoms with van der Waals surface area (Å²) in [6.45, 7) is 4.84. The highest BCUT2D eigenvalue weighted by Crippen LogP contribution is 2.27. The lowest BCUT2D eigenvalue weighted by Gasteiger charge is -2.36. The summed E-state index contributed by atoms with van der Waals surface area (Å²) in [5.41, 5.74) is 2.58. The summed E-state index contributed by atoms with van der Waals surface area (Å²) in [5, 5.41) is 6.70. The van der Waals surface area contributed by atoms with Crippen LogP contribution >= 0.6 is 35.4 Å². The van der Waals surface area contributed by atoms with E-state index in [0.29, 0.717) is 65.5 Å². The van der Waals surface area contributed by atoms with Crippen LogP contribution in [0, 0.1) is 0 Å². The van der Waals surface area contributed by atoms with E-state index in [1.165, 1.54) is 13.2 Å². The van der Waals surface area contributed by atoms with Crippen LogP contribution in [0.2, 0.25) is 10.0 Å². The molecule has 3 aromatic rings. The van der Waals surface area contributed by atoms with Crippen molar-refractivity contribution in [2.24, 2.45) is 0 Å². The van der Waals surface area contributed by atoms with E-state index < -0.39 is 0 Å². The van der Waals surface area contributed by atoms with Gasteiger partial charge >= 0.3 is 0 Å². The molecule has 1 fully saturated rings. The molecule has 0 saturated carbocycles. The van der Waals surface area contributed by atoms with Gasteiger partial charge in [-0.15, -0.1) is 0 Å². The number of halogens is 2. The first-order valence-corrected chi connectivity index (χ1v) is 13.5. The molecule has 2 N–H and O–H groups in total. The average molecular weight is 588 g/mol. The van der Waals surface area contributed by atoms with Crippen LogP contribution in [0.15, 0.2) is 60.7 Å². The molecule has 0 aromatic heterocycles. The fraction of sp³-hybridized carbons (Fsp3) is 0.250. The largest absolute Gasteiger partial charge is 0.496 e. The van der Waals surface area contributed by atoms with Gasteiger partial charge in [-0.05, 0) is 79.8 Å². The Hall–Kier alpha value is -3.53. The summed E-state index contributed by atoms with van der Waals surface area (Å²) < 4.78 is 10.7. The third-order valence-corrected chi connectivity index (χ3v) is 6.90. The zero-order chi connectivity index (χ0) is 27.9. The number of methoxy groups -OCH3 is 1. The second-order valence-electron chi connectivity index (χ2n) is 8.66. The number of amides is 2. The molecule has 1 aliphatic rings. The molecule has 2 amide bonds. The molecule has 11 heteroatoms. The second-order valence-corrected chi connectivity index (χ2v) is 9.91. The van der Waals surface area contributed by atoms with Crippen molar-refractivity contribution in [3.8, 4) is 11.5 Å². The molecule has 8 nitrogen and oxygen atoms in total. The van der Waals surface area contributed by atoms with E-state index in [1.54, 1.807) is 35.2 Å². The molecule has 0 spiro atoms. The van der Waals surface area contributed by atoms with Crippen molar-refractivity contribution < 1.29 is 19.1 Å². The number of piperazine rings is 1. The Bertz CT molecular complexity index is 1360. The number of carbonyl (C=O) groups excluding carboxylic acids is 2. The Kier molecular flexibility index (Phi) is 9.50. The Morgan fingerprint density at radius 3 is 2.28 bits per heavy atom. The van der Waals surface area contributed by atoms with E-state index in [4.69, 9.17) is 44.9 Å². The molecule has 39 heavy (non-hydrogen) atoms. The van der Waals surface area contributed by atoms with Crippen molar-refractivity contribution in [3.63, 3.8) is 0 Å². The van der Waals surface area contributed by atoms with Crippen molar-refractivity contribution >= 4 is 63.7 Å². The van der Waals surface area contributed by atoms with Crippen LogP contribution < -0.4 is 25.0 Å². The smallest absolute Gasteiger partial charge is 0.257 e. The predicted molar refractivity (Wildman–Crippen MR) is 159 cm³/mol. The molecule has 1 aliphatic heterocycles. The summed E-state index contributed by atoms with van der Waals surface area (Å²) in [6, 6.07) is 17.6. The molecule has 0 bridgehead atoms. The minimum atomic E-state index is -0.378. The highest BCUT2D eigenvalue weighted by atomic mass is 35.5. The molecule has 0 aliphatic carbocycles. The van der Waals surface area contributed by atoms with Gasteiger partial charge in [-0.2, -0.15) is 0 Å². The maximum atomic E-state index is 13.1. The third kappa shape index (κ3) is 7.11. The van der Waals surface area contributed by atoms with Gasteiger partial charge in [0.25, 0.3) is 11.8 Å². The first kappa shape index (κ1) is 28.5. The van der Waals surface area contributed by atoms with Crippen molar-refractivity contribution in [1.82, 2.24) is 10.2 Å². The summed E-state index contributed by atoms with van der Waals surface area (Å²) in [7, 11) is 1.54. The van der Waals surface area contributed by atoms with Gasteiger partial charge in [-0.1, -0.05) is 23.2 Å². The van der Waals surface area contributed by atoms with Crippen LogP contribution in [-0.2, 0) is 0 Å². The van der Waals surface area contributed by atoms with E-state index in [2.05, 4.69) is 15.5 Å². The van der Waals surface area contributed by atoms with E-state index in [1.807, 2.05) is 31.2 Å². The zero-order valence-corrected chi connectivity index (χ0v) is 23.8. The van der Waals surface area contributed by atoms with Crippen LogP contribution in [0.1, 0.15) is 27.6 Å². The van der Waals surface area contributed by atoms with Gasteiger partial charge in [0.1, 0.15) is 11.5 Å². The Morgan fingerprint density at radius 1 is 0.949 bits per heavy atom. The molecular weight excluding hydrogens is 559 g/mol. The molecule has 1 heterocycles. The Labute approximate surface area is 242 Å². The number of nitrogens with zero attached hydrogens (tertiary/aromatic N) is 2. The van der Waals surface area contributed by atoms with E-state index in [0.717, 1.165) is 11.4 Å². The maximum Gasteiger partial charge on any atom is 0.257 e. The van der Waals surface area contributed by atoms with Crippen molar-refractivity contribution in [1.29, 1.82) is 0 Å². The Morgan fingerprint density at radius 2 is 1.64 bits per heavy atom. The van der Waals surface area contributed by atoms with Crippen molar-refractivity contribution in [2.75, 3.05) is 50.1 Å². The van der Waals surface area contributed by atoms with Gasteiger partial charge in [0, 0.05) is 48.1 Å². The number of carbonyl (C=O) groups is 2. The topological polar surface area (TPSA) is 83.1 Å². The minimum absolute atomic E-state index is 0.100. The number of hydrogen-bond donors (Lipinski definition) is 2. The molecule has 0 radical (unpaired) electrons. The van der Waals surface area contributed by atoms with Crippen LogP contribution in [0.3, 0.4) is 0 Å². The number of ether oxygens (including phenoxy) is 2. The van der Waals surface area contributed by atoms with Gasteiger partial charge in [0.2, 0.25) is 0 Å². The number of rotatable bonds is 7. The number of anilines is 2. The lowest BCUT2D eigenvalue weighted by atomic mass is 10.1. The summed E-state index contributed by atoms with van der Waals surface area (Å²) in [4.78, 5) is 29.6. The second kappa shape index (κ2) is 13.0. The van der Waals surface area contributed by atoms with Gasteiger partial charge in [0.15, 0.2) is 5.11 Å². The number of hydrogen-bond acceptors (Lipinski definition) is 6. The van der Waals surface area contributed by atoms with Crippen LogP contribution in [0.25, 0.3) is 0 Å². The SMILES string of the molecule is CCOc1ccc(C(=O)NC(=S)Nc2ccc(N3CCN(C(=O)c4cc(Cl)ccc4OC)CC3)cc2)cc1Cl. The van der Waals surface area contributed by atoms with Gasteiger partial charge in [-0.25, -0.2) is 0 Å². The highest BCUT2D eigenvalue weighted by Gasteiger charge is 2.25. The monoisotopic (exact) mass is 586 g/mol. The molecule has 1 saturated heterocycles. The third-order valence-electron chi connectivity index (χ3n) is 6.17. The van der Waals surface area contributed by atoms with Crippen molar-refractivity contribution in [3.05, 3.63) is 81.8 Å². The normalized spacial score (nSPS) is 13.0. The van der Waals surface area contributed by atoms with Crippen LogP contribution in [0.5, 0.6) is 11.5 Å². The molecule has 204 valence electrons. The van der Waals surface area contributed by atoms with Gasteiger partial charge < -0.3 is 24.6 Å². The first-order chi connectivity index (χ1) is 18.8. The maximum absolute atomic E-state index is 13.1. The van der Waals surface area contributed by atoms with Crippen molar-refractivity contribution in [2.45, 2.75) is 6.92 Å². The number of nitrogens with one attached hydrogen (secondary N) is 2. The first-order valence-electron chi connectivity index (χ1n) is 12.3. The lowest BCUT2D eigenvalue weighted by Crippen LogP contribution is -2.48. The molecule has 4 rings (SSSR count). The van der Waals surface area contributed by atoms with E-state index in [-0.39, 0.29) is 16.9 Å². The summed E-state index contributed by atoms with van der Waals surface area (Å²) >= 11 is 17.6. The minimum Gasteiger partial charge on any atom is -0.496 e. The predicted octanol–water partition coefficient (Wildman–Crippen LogP) is 5.49. The van der Waals surface area contributed by atoms with Crippen LogP contribution in [-0.4, -0.2) is 61.7 Å². The summed E-state index contributed by atoms with van der Waals surface area (Å²) in [6.07, 6.45) is 0. The lowest BCUT2D eigenvalue weighted by molar-refractivity contribution is 0.0743. The fourth-order valence-electron chi connectivity index (χ4n) is 4.19. The quantitative estimate of drug-likeness (QED) is 0.354. The standard InChI is InChI=1S/C28H28Cl2N4O4S/c1-3-38-25-10-4-18(16-23(25)30)26(35)32-28(39)31-20-6-8-21(9-7-20)33-12-14-34(15-13-33)27(36)22-17-19(29)5-11-24(22)37-2/h4-11,16-17H,3,12-15H2,1-2H3,(H2,31,32,35,39). The highest BCUT2D eigenvalue weighted by molar-refractivity contribution is 7.80. The number of benzene rings is 3. The molecular formula is C28H28Cl2N4O4S. The summed E-state index contributed by atoms with van der Waals surface area (Å²) in [5.74, 6) is 0.548. The average Bonchev–Trinajstić information content (AvgIpc) is 2.94. The van der Waals surface area contributed by atoms with Gasteiger partial charge in [0.05, 0.1) is 24.3 Å². The van der Waals surface area contributed by atoms with Gasteiger partial charge in [-0.3, -0.25) is 14.9 Å². The Balaban J connectivity index is 1.29. The zero-order valence-electron chi connectivity index (χ0n) is 21.5. The van der Waals surface area contributed by atoms with Crippen LogP contribution in [0.4, 0.5) is 11.4 Å². The number of thiocarbonyl (C=S) groups is 1. The molecule has 0 unspecified atom stereocenters. The fourth-order valence-corrected chi connectivity index (χ4v) is 4.81. The molecule has 3 aromatic carbocycles. The van der Waals surface area contributed by atoms with E-state index >= 15 is 0 Å². The molecule has 0 atom stereocenters.